The molecule has 7 heteroatoms. The normalized spacial score (nSPS) is 10.8. The number of hydroxylamine groups is 2. The highest BCUT2D eigenvalue weighted by Gasteiger charge is 2.29. The fraction of sp³-hybridized carbons (Fsp3) is 0.529. The summed E-state index contributed by atoms with van der Waals surface area (Å²) >= 11 is 0. The summed E-state index contributed by atoms with van der Waals surface area (Å²) in [5.74, 6) is 0.747. The number of methoxy groups -OCH3 is 2. The standard InChI is InChI=1S/C17H26N2O5/c1-12(20)24-19(17(2,3)4)16(21)18-10-9-13-7-8-14(22-5)15(11-13)23-6/h7-8,11H,9-10H2,1-6H3,(H,18,21). The van der Waals surface area contributed by atoms with Crippen LogP contribution in [-0.2, 0) is 16.1 Å². The van der Waals surface area contributed by atoms with Gasteiger partial charge in [0.1, 0.15) is 0 Å². The van der Waals surface area contributed by atoms with Crippen LogP contribution in [0.3, 0.4) is 0 Å². The average molecular weight is 338 g/mol. The van der Waals surface area contributed by atoms with Crippen molar-refractivity contribution in [2.24, 2.45) is 0 Å². The molecule has 0 bridgehead atoms. The number of hydrogen-bond acceptors (Lipinski definition) is 5. The van der Waals surface area contributed by atoms with Gasteiger partial charge in [-0.05, 0) is 44.9 Å². The topological polar surface area (TPSA) is 77.1 Å². The van der Waals surface area contributed by atoms with Crippen molar-refractivity contribution in [1.82, 2.24) is 10.4 Å². The summed E-state index contributed by atoms with van der Waals surface area (Å²) in [5.41, 5.74) is 0.349. The molecule has 1 rings (SSSR count). The minimum atomic E-state index is -0.640. The first kappa shape index (κ1) is 19.6. The number of rotatable bonds is 5. The number of benzene rings is 1. The van der Waals surface area contributed by atoms with Gasteiger partial charge in [-0.1, -0.05) is 6.07 Å². The molecule has 0 unspecified atom stereocenters. The van der Waals surface area contributed by atoms with Crippen molar-refractivity contribution >= 4 is 12.0 Å². The predicted octanol–water partition coefficient (Wildman–Crippen LogP) is 2.53. The number of carbonyl (C=O) groups excluding carboxylic acids is 2. The second kappa shape index (κ2) is 8.42. The molecule has 0 spiro atoms. The molecule has 2 amide bonds. The van der Waals surface area contributed by atoms with Gasteiger partial charge in [-0.15, -0.1) is 5.06 Å². The van der Waals surface area contributed by atoms with Crippen LogP contribution in [0, 0.1) is 0 Å². The van der Waals surface area contributed by atoms with Crippen LogP contribution in [0.15, 0.2) is 18.2 Å². The SMILES string of the molecule is COc1ccc(CCNC(=O)N(OC(C)=O)C(C)(C)C)cc1OC. The van der Waals surface area contributed by atoms with Gasteiger partial charge in [0.15, 0.2) is 11.5 Å². The van der Waals surface area contributed by atoms with E-state index in [0.717, 1.165) is 10.6 Å². The van der Waals surface area contributed by atoms with Gasteiger partial charge in [0.25, 0.3) is 0 Å². The maximum atomic E-state index is 12.2. The highest BCUT2D eigenvalue weighted by atomic mass is 16.7. The zero-order chi connectivity index (χ0) is 18.3. The molecule has 0 saturated heterocycles. The highest BCUT2D eigenvalue weighted by Crippen LogP contribution is 2.27. The van der Waals surface area contributed by atoms with E-state index < -0.39 is 17.5 Å². The number of nitrogens with one attached hydrogen (secondary N) is 1. The van der Waals surface area contributed by atoms with Gasteiger partial charge in [-0.25, -0.2) is 4.79 Å². The Morgan fingerprint density at radius 3 is 2.25 bits per heavy atom. The van der Waals surface area contributed by atoms with E-state index in [2.05, 4.69) is 5.32 Å². The second-order valence-corrected chi connectivity index (χ2v) is 6.22. The first-order valence-corrected chi connectivity index (χ1v) is 7.66. The number of urea groups is 1. The van der Waals surface area contributed by atoms with Crippen LogP contribution in [-0.4, -0.2) is 43.4 Å². The van der Waals surface area contributed by atoms with Gasteiger partial charge in [-0.3, -0.25) is 4.79 Å². The molecule has 0 aromatic heterocycles. The maximum Gasteiger partial charge on any atom is 0.351 e. The molecule has 0 aliphatic rings. The van der Waals surface area contributed by atoms with E-state index in [1.54, 1.807) is 35.0 Å². The van der Waals surface area contributed by atoms with Crippen LogP contribution in [0.4, 0.5) is 4.79 Å². The molecule has 0 heterocycles. The Kier molecular flexibility index (Phi) is 6.88. The third-order valence-corrected chi connectivity index (χ3v) is 3.15. The van der Waals surface area contributed by atoms with Crippen LogP contribution in [0.25, 0.3) is 0 Å². The van der Waals surface area contributed by atoms with Crippen molar-refractivity contribution in [3.8, 4) is 11.5 Å². The Morgan fingerprint density at radius 1 is 1.12 bits per heavy atom. The van der Waals surface area contributed by atoms with E-state index in [1.807, 2.05) is 18.2 Å². The first-order valence-electron chi connectivity index (χ1n) is 7.66. The van der Waals surface area contributed by atoms with Gasteiger partial charge < -0.3 is 19.6 Å². The number of ether oxygens (including phenoxy) is 2. The molecule has 0 fully saturated rings. The zero-order valence-electron chi connectivity index (χ0n) is 15.1. The molecule has 134 valence electrons. The molecule has 0 aliphatic carbocycles. The Labute approximate surface area is 142 Å². The smallest absolute Gasteiger partial charge is 0.351 e. The summed E-state index contributed by atoms with van der Waals surface area (Å²) in [7, 11) is 3.15. The van der Waals surface area contributed by atoms with E-state index in [1.165, 1.54) is 6.92 Å². The molecule has 0 saturated carbocycles. The predicted molar refractivity (Wildman–Crippen MR) is 90.0 cm³/mol. The maximum absolute atomic E-state index is 12.2. The van der Waals surface area contributed by atoms with Crippen molar-refractivity contribution in [3.63, 3.8) is 0 Å². The number of carbonyl (C=O) groups is 2. The molecule has 7 nitrogen and oxygen atoms in total. The third kappa shape index (κ3) is 5.64. The quantitative estimate of drug-likeness (QED) is 0.835. The Hall–Kier alpha value is -2.44. The summed E-state index contributed by atoms with van der Waals surface area (Å²) in [6.07, 6.45) is 0.601. The van der Waals surface area contributed by atoms with Crippen LogP contribution in [0.1, 0.15) is 33.3 Å². The van der Waals surface area contributed by atoms with E-state index in [-0.39, 0.29) is 0 Å². The lowest BCUT2D eigenvalue weighted by molar-refractivity contribution is -0.190. The number of nitrogens with zero attached hydrogens (tertiary/aromatic N) is 1. The van der Waals surface area contributed by atoms with Gasteiger partial charge in [0, 0.05) is 13.5 Å². The van der Waals surface area contributed by atoms with Crippen molar-refractivity contribution in [1.29, 1.82) is 0 Å². The molecule has 0 aliphatic heterocycles. The molecule has 1 N–H and O–H groups in total. The zero-order valence-corrected chi connectivity index (χ0v) is 15.1. The summed E-state index contributed by atoms with van der Waals surface area (Å²) in [4.78, 5) is 28.4. The van der Waals surface area contributed by atoms with Gasteiger partial charge in [-0.2, -0.15) is 0 Å². The molecular weight excluding hydrogens is 312 g/mol. The molecule has 1 aromatic carbocycles. The lowest BCUT2D eigenvalue weighted by atomic mass is 10.1. The van der Waals surface area contributed by atoms with Crippen molar-refractivity contribution < 1.29 is 23.9 Å². The summed E-state index contributed by atoms with van der Waals surface area (Å²) in [6.45, 7) is 7.00. The van der Waals surface area contributed by atoms with Crippen LogP contribution >= 0.6 is 0 Å². The van der Waals surface area contributed by atoms with Gasteiger partial charge >= 0.3 is 12.0 Å². The van der Waals surface area contributed by atoms with E-state index in [9.17, 15) is 9.59 Å². The average Bonchev–Trinajstić information content (AvgIpc) is 2.51. The molecule has 1 aromatic rings. The first-order chi connectivity index (χ1) is 11.2. The molecule has 24 heavy (non-hydrogen) atoms. The van der Waals surface area contributed by atoms with E-state index in [4.69, 9.17) is 14.3 Å². The highest BCUT2D eigenvalue weighted by molar-refractivity contribution is 5.76. The fourth-order valence-electron chi connectivity index (χ4n) is 2.03. The lowest BCUT2D eigenvalue weighted by Gasteiger charge is -2.32. The van der Waals surface area contributed by atoms with Crippen molar-refractivity contribution in [3.05, 3.63) is 23.8 Å². The van der Waals surface area contributed by atoms with E-state index >= 15 is 0 Å². The van der Waals surface area contributed by atoms with Gasteiger partial charge in [0.2, 0.25) is 0 Å². The summed E-state index contributed by atoms with van der Waals surface area (Å²) in [6, 6.07) is 5.12. The van der Waals surface area contributed by atoms with E-state index in [0.29, 0.717) is 24.5 Å². The molecule has 0 atom stereocenters. The van der Waals surface area contributed by atoms with Crippen molar-refractivity contribution in [2.45, 2.75) is 39.7 Å². The largest absolute Gasteiger partial charge is 0.493 e. The second-order valence-electron chi connectivity index (χ2n) is 6.22. The summed E-state index contributed by atoms with van der Waals surface area (Å²) in [5, 5.41) is 3.79. The van der Waals surface area contributed by atoms with Crippen LogP contribution in [0.2, 0.25) is 0 Å². The lowest BCUT2D eigenvalue weighted by Crippen LogP contribution is -2.51. The monoisotopic (exact) mass is 338 g/mol. The van der Waals surface area contributed by atoms with Gasteiger partial charge in [0.05, 0.1) is 19.8 Å². The Balaban J connectivity index is 2.65. The fourth-order valence-corrected chi connectivity index (χ4v) is 2.03. The molecular formula is C17H26N2O5. The number of amides is 2. The number of hydrogen-bond donors (Lipinski definition) is 1. The minimum absolute atomic E-state index is 0.391. The Bertz CT molecular complexity index is 581. The molecule has 0 radical (unpaired) electrons. The van der Waals surface area contributed by atoms with Crippen LogP contribution in [0.5, 0.6) is 11.5 Å². The third-order valence-electron chi connectivity index (χ3n) is 3.15. The van der Waals surface area contributed by atoms with Crippen LogP contribution < -0.4 is 14.8 Å². The van der Waals surface area contributed by atoms with Crippen molar-refractivity contribution in [2.75, 3.05) is 20.8 Å². The minimum Gasteiger partial charge on any atom is -0.493 e. The summed E-state index contributed by atoms with van der Waals surface area (Å²) < 4.78 is 10.4. The Morgan fingerprint density at radius 2 is 1.75 bits per heavy atom.